The van der Waals surface area contributed by atoms with E-state index in [-0.39, 0.29) is 18.2 Å². The molecule has 142 valence electrons. The number of carbonyl (C=O) groups is 1. The normalized spacial score (nSPS) is 21.6. The van der Waals surface area contributed by atoms with Gasteiger partial charge in [-0.05, 0) is 55.4 Å². The van der Waals surface area contributed by atoms with Crippen molar-refractivity contribution in [1.29, 1.82) is 0 Å². The van der Waals surface area contributed by atoms with E-state index in [9.17, 15) is 9.90 Å². The molecular formula is C22H27N3O2. The Balaban J connectivity index is 1.40. The van der Waals surface area contributed by atoms with E-state index in [1.807, 2.05) is 18.2 Å². The minimum atomic E-state index is -0.213. The highest BCUT2D eigenvalue weighted by Gasteiger charge is 2.22. The number of amides is 2. The Kier molecular flexibility index (Phi) is 5.30. The number of aliphatic hydroxyl groups excluding tert-OH is 1. The SMILES string of the molecule is O=C(Nc1ccccc1CN1CCc2ccccc21)NC1CCC(O)CC1. The van der Waals surface area contributed by atoms with E-state index in [4.69, 9.17) is 0 Å². The van der Waals surface area contributed by atoms with E-state index < -0.39 is 0 Å². The largest absolute Gasteiger partial charge is 0.393 e. The Labute approximate surface area is 160 Å². The van der Waals surface area contributed by atoms with E-state index in [0.29, 0.717) is 0 Å². The molecule has 0 saturated heterocycles. The van der Waals surface area contributed by atoms with Crippen molar-refractivity contribution in [2.24, 2.45) is 0 Å². The topological polar surface area (TPSA) is 64.6 Å². The van der Waals surface area contributed by atoms with Gasteiger partial charge in [0.1, 0.15) is 0 Å². The maximum absolute atomic E-state index is 12.5. The Morgan fingerprint density at radius 3 is 2.63 bits per heavy atom. The van der Waals surface area contributed by atoms with Crippen LogP contribution < -0.4 is 15.5 Å². The summed E-state index contributed by atoms with van der Waals surface area (Å²) >= 11 is 0. The second-order valence-electron chi connectivity index (χ2n) is 7.56. The van der Waals surface area contributed by atoms with Crippen molar-refractivity contribution >= 4 is 17.4 Å². The second-order valence-corrected chi connectivity index (χ2v) is 7.56. The van der Waals surface area contributed by atoms with Crippen LogP contribution in [0.1, 0.15) is 36.8 Å². The van der Waals surface area contributed by atoms with Gasteiger partial charge in [-0.2, -0.15) is 0 Å². The van der Waals surface area contributed by atoms with Crippen molar-refractivity contribution in [2.45, 2.75) is 50.8 Å². The van der Waals surface area contributed by atoms with Crippen LogP contribution in [-0.2, 0) is 13.0 Å². The highest BCUT2D eigenvalue weighted by molar-refractivity contribution is 5.90. The second kappa shape index (κ2) is 8.01. The van der Waals surface area contributed by atoms with Crippen molar-refractivity contribution in [3.05, 3.63) is 59.7 Å². The third kappa shape index (κ3) is 4.25. The fourth-order valence-corrected chi connectivity index (χ4v) is 4.12. The van der Waals surface area contributed by atoms with Gasteiger partial charge in [0.2, 0.25) is 0 Å². The van der Waals surface area contributed by atoms with Crippen LogP contribution in [0.2, 0.25) is 0 Å². The number of urea groups is 1. The molecule has 2 aromatic carbocycles. The minimum absolute atomic E-state index is 0.144. The summed E-state index contributed by atoms with van der Waals surface area (Å²) in [7, 11) is 0. The van der Waals surface area contributed by atoms with Crippen molar-refractivity contribution < 1.29 is 9.90 Å². The first kappa shape index (κ1) is 17.9. The van der Waals surface area contributed by atoms with Gasteiger partial charge in [0.25, 0.3) is 0 Å². The minimum Gasteiger partial charge on any atom is -0.393 e. The van der Waals surface area contributed by atoms with Gasteiger partial charge in [0, 0.05) is 30.5 Å². The van der Waals surface area contributed by atoms with Crippen LogP contribution in [0.5, 0.6) is 0 Å². The third-order valence-corrected chi connectivity index (χ3v) is 5.64. The third-order valence-electron chi connectivity index (χ3n) is 5.64. The zero-order chi connectivity index (χ0) is 18.6. The molecule has 1 fully saturated rings. The van der Waals surface area contributed by atoms with Gasteiger partial charge >= 0.3 is 6.03 Å². The molecule has 1 aliphatic carbocycles. The molecule has 2 aromatic rings. The van der Waals surface area contributed by atoms with Crippen LogP contribution in [0.3, 0.4) is 0 Å². The van der Waals surface area contributed by atoms with Crippen LogP contribution in [0.25, 0.3) is 0 Å². The number of anilines is 2. The summed E-state index contributed by atoms with van der Waals surface area (Å²) in [4.78, 5) is 14.8. The number of aliphatic hydroxyl groups is 1. The maximum Gasteiger partial charge on any atom is 0.319 e. The monoisotopic (exact) mass is 365 g/mol. The van der Waals surface area contributed by atoms with Crippen molar-refractivity contribution in [2.75, 3.05) is 16.8 Å². The van der Waals surface area contributed by atoms with Crippen LogP contribution in [-0.4, -0.2) is 29.8 Å². The number of carbonyl (C=O) groups excluding carboxylic acids is 1. The molecule has 0 unspecified atom stereocenters. The molecule has 2 aliphatic rings. The summed E-state index contributed by atoms with van der Waals surface area (Å²) < 4.78 is 0. The first-order valence-electron chi connectivity index (χ1n) is 9.85. The molecule has 5 heteroatoms. The lowest BCUT2D eigenvalue weighted by Gasteiger charge is -2.26. The molecule has 0 aromatic heterocycles. The maximum atomic E-state index is 12.5. The van der Waals surface area contributed by atoms with Crippen molar-refractivity contribution in [1.82, 2.24) is 5.32 Å². The van der Waals surface area contributed by atoms with Gasteiger partial charge in [0.05, 0.1) is 6.10 Å². The Hall–Kier alpha value is -2.53. The molecule has 2 amide bonds. The molecular weight excluding hydrogens is 338 g/mol. The number of rotatable bonds is 4. The zero-order valence-corrected chi connectivity index (χ0v) is 15.5. The number of hydrogen-bond acceptors (Lipinski definition) is 3. The number of para-hydroxylation sites is 2. The molecule has 1 heterocycles. The quantitative estimate of drug-likeness (QED) is 0.774. The van der Waals surface area contributed by atoms with E-state index >= 15 is 0 Å². The lowest BCUT2D eigenvalue weighted by atomic mass is 9.93. The molecule has 5 nitrogen and oxygen atoms in total. The summed E-state index contributed by atoms with van der Waals surface area (Å²) in [5, 5.41) is 15.7. The van der Waals surface area contributed by atoms with E-state index in [1.165, 1.54) is 11.3 Å². The lowest BCUT2D eigenvalue weighted by Crippen LogP contribution is -2.41. The van der Waals surface area contributed by atoms with Gasteiger partial charge in [-0.1, -0.05) is 36.4 Å². The van der Waals surface area contributed by atoms with Gasteiger partial charge < -0.3 is 20.6 Å². The molecule has 27 heavy (non-hydrogen) atoms. The summed E-state index contributed by atoms with van der Waals surface area (Å²) in [5.74, 6) is 0. The van der Waals surface area contributed by atoms with E-state index in [2.05, 4.69) is 45.9 Å². The lowest BCUT2D eigenvalue weighted by molar-refractivity contribution is 0.118. The number of benzene rings is 2. The number of nitrogens with one attached hydrogen (secondary N) is 2. The predicted octanol–water partition coefficient (Wildman–Crippen LogP) is 3.67. The molecule has 0 bridgehead atoms. The Morgan fingerprint density at radius 1 is 1.04 bits per heavy atom. The van der Waals surface area contributed by atoms with Crippen molar-refractivity contribution in [3.63, 3.8) is 0 Å². The number of nitrogens with zero attached hydrogens (tertiary/aromatic N) is 1. The van der Waals surface area contributed by atoms with Crippen LogP contribution >= 0.6 is 0 Å². The van der Waals surface area contributed by atoms with Gasteiger partial charge in [-0.25, -0.2) is 4.79 Å². The zero-order valence-electron chi connectivity index (χ0n) is 15.5. The van der Waals surface area contributed by atoms with Gasteiger partial charge in [0.15, 0.2) is 0 Å². The molecule has 1 saturated carbocycles. The van der Waals surface area contributed by atoms with E-state index in [1.54, 1.807) is 0 Å². The Morgan fingerprint density at radius 2 is 1.78 bits per heavy atom. The van der Waals surface area contributed by atoms with Crippen LogP contribution in [0.4, 0.5) is 16.2 Å². The molecule has 4 rings (SSSR count). The van der Waals surface area contributed by atoms with E-state index in [0.717, 1.165) is 56.4 Å². The average molecular weight is 365 g/mol. The Bertz CT molecular complexity index is 800. The standard InChI is InChI=1S/C22H27N3O2/c26-19-11-9-18(10-12-19)23-22(27)24-20-7-3-1-6-17(20)15-25-14-13-16-5-2-4-8-21(16)25/h1-8,18-19,26H,9-15H2,(H2,23,24,27). The first-order chi connectivity index (χ1) is 13.2. The van der Waals surface area contributed by atoms with Crippen LogP contribution in [0.15, 0.2) is 48.5 Å². The first-order valence-corrected chi connectivity index (χ1v) is 9.85. The summed E-state index contributed by atoms with van der Waals surface area (Å²) in [6.45, 7) is 1.79. The van der Waals surface area contributed by atoms with Gasteiger partial charge in [-0.3, -0.25) is 0 Å². The van der Waals surface area contributed by atoms with Crippen molar-refractivity contribution in [3.8, 4) is 0 Å². The fraction of sp³-hybridized carbons (Fsp3) is 0.409. The summed E-state index contributed by atoms with van der Waals surface area (Å²) in [5.41, 5.74) is 4.65. The molecule has 0 atom stereocenters. The highest BCUT2D eigenvalue weighted by Crippen LogP contribution is 2.30. The smallest absolute Gasteiger partial charge is 0.319 e. The molecule has 0 radical (unpaired) electrons. The van der Waals surface area contributed by atoms with Crippen LogP contribution in [0, 0.1) is 0 Å². The number of hydrogen-bond donors (Lipinski definition) is 3. The highest BCUT2D eigenvalue weighted by atomic mass is 16.3. The molecule has 0 spiro atoms. The molecule has 1 aliphatic heterocycles. The summed E-state index contributed by atoms with van der Waals surface area (Å²) in [6.07, 6.45) is 4.04. The molecule has 3 N–H and O–H groups in total. The average Bonchev–Trinajstić information content (AvgIpc) is 3.08. The van der Waals surface area contributed by atoms with Gasteiger partial charge in [-0.15, -0.1) is 0 Å². The predicted molar refractivity (Wildman–Crippen MR) is 108 cm³/mol. The number of fused-ring (bicyclic) bond motifs is 1. The summed E-state index contributed by atoms with van der Waals surface area (Å²) in [6, 6.07) is 16.5. The fourth-order valence-electron chi connectivity index (χ4n) is 4.12.